The van der Waals surface area contributed by atoms with E-state index in [0.717, 1.165) is 30.3 Å². The Morgan fingerprint density at radius 3 is 2.36 bits per heavy atom. The molecule has 0 aliphatic carbocycles. The topological polar surface area (TPSA) is 84.9 Å². The van der Waals surface area contributed by atoms with Gasteiger partial charge in [-0.05, 0) is 48.1 Å². The van der Waals surface area contributed by atoms with Gasteiger partial charge >= 0.3 is 5.97 Å². The minimum Gasteiger partial charge on any atom is -0.494 e. The highest BCUT2D eigenvalue weighted by Gasteiger charge is 2.18. The Bertz CT molecular complexity index is 1100. The molecule has 0 bridgehead atoms. The quantitative estimate of drug-likeness (QED) is 0.324. The molecule has 1 amide bonds. The van der Waals surface area contributed by atoms with E-state index >= 15 is 0 Å². The second kappa shape index (κ2) is 11.8. The van der Waals surface area contributed by atoms with Crippen molar-refractivity contribution in [2.24, 2.45) is 0 Å². The van der Waals surface area contributed by atoms with E-state index in [4.69, 9.17) is 9.47 Å². The Morgan fingerprint density at radius 1 is 0.909 bits per heavy atom. The first kappa shape index (κ1) is 23.9. The number of carbonyl (C=O) groups is 2. The van der Waals surface area contributed by atoms with Crippen molar-refractivity contribution in [1.29, 1.82) is 0 Å². The SMILES string of the molecule is BCCOc1ccc(C(=O)Nc2cc(-c3ccccc3)ccc2C(=O)O)c(OCCCC)c1. The Balaban J connectivity index is 1.92. The molecule has 0 spiro atoms. The van der Waals surface area contributed by atoms with Gasteiger partial charge in [-0.3, -0.25) is 4.79 Å². The number of anilines is 1. The lowest BCUT2D eigenvalue weighted by Gasteiger charge is -2.15. The smallest absolute Gasteiger partial charge is 0.337 e. The Morgan fingerprint density at radius 2 is 1.67 bits per heavy atom. The third-order valence-corrected chi connectivity index (χ3v) is 5.03. The van der Waals surface area contributed by atoms with E-state index in [1.807, 2.05) is 38.2 Å². The number of carboxylic acid groups (broad SMARTS) is 1. The summed E-state index contributed by atoms with van der Waals surface area (Å²) in [6, 6.07) is 19.5. The third-order valence-electron chi connectivity index (χ3n) is 5.03. The molecular weight excluding hydrogens is 417 g/mol. The van der Waals surface area contributed by atoms with Crippen molar-refractivity contribution in [3.05, 3.63) is 77.9 Å². The minimum atomic E-state index is -1.12. The predicted octanol–water partition coefficient (Wildman–Crippen LogP) is 4.91. The van der Waals surface area contributed by atoms with Crippen LogP contribution >= 0.6 is 0 Å². The molecule has 0 aliphatic heterocycles. The van der Waals surface area contributed by atoms with Gasteiger partial charge in [0.25, 0.3) is 5.91 Å². The van der Waals surface area contributed by atoms with Crippen molar-refractivity contribution in [2.45, 2.75) is 26.1 Å². The summed E-state index contributed by atoms with van der Waals surface area (Å²) in [5, 5.41) is 12.4. The second-order valence-electron chi connectivity index (χ2n) is 7.59. The molecule has 0 fully saturated rings. The number of ether oxygens (including phenoxy) is 2. The van der Waals surface area contributed by atoms with Gasteiger partial charge in [0.15, 0.2) is 0 Å². The van der Waals surface area contributed by atoms with E-state index in [0.29, 0.717) is 30.3 Å². The lowest BCUT2D eigenvalue weighted by molar-refractivity contribution is 0.0698. The zero-order valence-electron chi connectivity index (χ0n) is 19.0. The minimum absolute atomic E-state index is 0.0133. The van der Waals surface area contributed by atoms with Crippen LogP contribution in [0, 0.1) is 0 Å². The van der Waals surface area contributed by atoms with Crippen molar-refractivity contribution in [3.63, 3.8) is 0 Å². The van der Waals surface area contributed by atoms with Gasteiger partial charge in [0.05, 0.1) is 30.0 Å². The molecule has 0 unspecified atom stereocenters. The van der Waals surface area contributed by atoms with Crippen LogP contribution in [0.2, 0.25) is 6.32 Å². The molecular formula is C26H28BNO5. The summed E-state index contributed by atoms with van der Waals surface area (Å²) in [5.74, 6) is -0.535. The largest absolute Gasteiger partial charge is 0.494 e. The normalized spacial score (nSPS) is 10.5. The first-order chi connectivity index (χ1) is 16.0. The van der Waals surface area contributed by atoms with E-state index in [-0.39, 0.29) is 11.3 Å². The molecule has 0 radical (unpaired) electrons. The number of hydrogen-bond donors (Lipinski definition) is 2. The molecule has 3 aromatic carbocycles. The fourth-order valence-electron chi connectivity index (χ4n) is 3.28. The number of hydrogen-bond acceptors (Lipinski definition) is 4. The molecule has 3 rings (SSSR count). The van der Waals surface area contributed by atoms with Gasteiger partial charge in [-0.2, -0.15) is 0 Å². The lowest BCUT2D eigenvalue weighted by atomic mass is 10.0. The number of unbranched alkanes of at least 4 members (excludes halogenated alkanes) is 1. The van der Waals surface area contributed by atoms with Crippen LogP contribution in [-0.2, 0) is 0 Å². The maximum Gasteiger partial charge on any atom is 0.337 e. The molecule has 0 heterocycles. The fraction of sp³-hybridized carbons (Fsp3) is 0.231. The standard InChI is InChI=1S/C26H28BNO5/c1-2-3-14-33-24-17-20(32-15-13-27)10-12-22(24)25(29)28-23-16-19(9-11-21(23)26(30)31)18-7-5-4-6-8-18/h4-12,16-17H,2-3,13-15,27H2,1H3,(H,28,29)(H,30,31). The summed E-state index contributed by atoms with van der Waals surface area (Å²) in [4.78, 5) is 25.0. The average Bonchev–Trinajstić information content (AvgIpc) is 2.83. The van der Waals surface area contributed by atoms with Gasteiger partial charge in [0.2, 0.25) is 0 Å². The van der Waals surface area contributed by atoms with Crippen LogP contribution in [0.5, 0.6) is 11.5 Å². The van der Waals surface area contributed by atoms with Gasteiger partial charge < -0.3 is 19.9 Å². The maximum absolute atomic E-state index is 13.2. The number of aromatic carboxylic acids is 1. The van der Waals surface area contributed by atoms with Gasteiger partial charge in [-0.15, -0.1) is 0 Å². The summed E-state index contributed by atoms with van der Waals surface area (Å²) in [7, 11) is 2.02. The highest BCUT2D eigenvalue weighted by Crippen LogP contribution is 2.29. The molecule has 0 aliphatic rings. The average molecular weight is 445 g/mol. The first-order valence-electron chi connectivity index (χ1n) is 11.2. The van der Waals surface area contributed by atoms with Crippen molar-refractivity contribution in [3.8, 4) is 22.6 Å². The number of nitrogens with one attached hydrogen (secondary N) is 1. The van der Waals surface area contributed by atoms with Crippen LogP contribution in [-0.4, -0.2) is 38.0 Å². The predicted molar refractivity (Wildman–Crippen MR) is 132 cm³/mol. The zero-order valence-corrected chi connectivity index (χ0v) is 19.0. The van der Waals surface area contributed by atoms with Crippen LogP contribution in [0.25, 0.3) is 11.1 Å². The van der Waals surface area contributed by atoms with E-state index < -0.39 is 11.9 Å². The van der Waals surface area contributed by atoms with Crippen molar-refractivity contribution >= 4 is 25.4 Å². The van der Waals surface area contributed by atoms with E-state index in [2.05, 4.69) is 12.2 Å². The summed E-state index contributed by atoms with van der Waals surface area (Å²) in [5.41, 5.74) is 2.28. The number of carboxylic acids is 1. The zero-order chi connectivity index (χ0) is 23.6. The molecule has 0 saturated heterocycles. The summed E-state index contributed by atoms with van der Waals surface area (Å²) >= 11 is 0. The van der Waals surface area contributed by atoms with Crippen LogP contribution in [0.4, 0.5) is 5.69 Å². The number of carbonyl (C=O) groups excluding carboxylic acids is 1. The molecule has 7 heteroatoms. The maximum atomic E-state index is 13.2. The summed E-state index contributed by atoms with van der Waals surface area (Å²) in [6.07, 6.45) is 2.68. The lowest BCUT2D eigenvalue weighted by Crippen LogP contribution is -2.16. The summed E-state index contributed by atoms with van der Waals surface area (Å²) < 4.78 is 11.6. The highest BCUT2D eigenvalue weighted by atomic mass is 16.5. The molecule has 2 N–H and O–H groups in total. The molecule has 170 valence electrons. The Labute approximate surface area is 195 Å². The molecule has 3 aromatic rings. The van der Waals surface area contributed by atoms with Crippen LogP contribution in [0.3, 0.4) is 0 Å². The molecule has 6 nitrogen and oxygen atoms in total. The van der Waals surface area contributed by atoms with Crippen molar-refractivity contribution in [1.82, 2.24) is 0 Å². The van der Waals surface area contributed by atoms with Gasteiger partial charge in [0.1, 0.15) is 19.3 Å². The van der Waals surface area contributed by atoms with Crippen molar-refractivity contribution in [2.75, 3.05) is 18.5 Å². The van der Waals surface area contributed by atoms with Crippen LogP contribution < -0.4 is 14.8 Å². The molecule has 0 aromatic heterocycles. The van der Waals surface area contributed by atoms with E-state index in [1.165, 1.54) is 6.07 Å². The van der Waals surface area contributed by atoms with E-state index in [9.17, 15) is 14.7 Å². The number of rotatable bonds is 11. The third kappa shape index (κ3) is 6.38. The van der Waals surface area contributed by atoms with Gasteiger partial charge in [-0.25, -0.2) is 4.79 Å². The molecule has 33 heavy (non-hydrogen) atoms. The van der Waals surface area contributed by atoms with E-state index in [1.54, 1.807) is 30.3 Å². The van der Waals surface area contributed by atoms with Gasteiger partial charge in [-0.1, -0.05) is 49.7 Å². The summed E-state index contributed by atoms with van der Waals surface area (Å²) in [6.45, 7) is 3.09. The highest BCUT2D eigenvalue weighted by molar-refractivity contribution is 6.09. The monoisotopic (exact) mass is 445 g/mol. The van der Waals surface area contributed by atoms with Gasteiger partial charge in [0, 0.05) is 6.07 Å². The van der Waals surface area contributed by atoms with Crippen LogP contribution in [0.1, 0.15) is 40.5 Å². The Kier molecular flexibility index (Phi) is 8.53. The second-order valence-corrected chi connectivity index (χ2v) is 7.59. The van der Waals surface area contributed by atoms with Crippen LogP contribution in [0.15, 0.2) is 66.7 Å². The Hall–Kier alpha value is -3.74. The first-order valence-corrected chi connectivity index (χ1v) is 11.2. The molecule has 0 atom stereocenters. The van der Waals surface area contributed by atoms with Crippen molar-refractivity contribution < 1.29 is 24.2 Å². The number of benzene rings is 3. The molecule has 0 saturated carbocycles. The fourth-order valence-corrected chi connectivity index (χ4v) is 3.28. The number of amides is 1.